The van der Waals surface area contributed by atoms with E-state index in [1.807, 2.05) is 6.92 Å². The lowest BCUT2D eigenvalue weighted by Gasteiger charge is -2.15. The van der Waals surface area contributed by atoms with Crippen molar-refractivity contribution in [3.8, 4) is 0 Å². The molecule has 0 saturated carbocycles. The van der Waals surface area contributed by atoms with E-state index in [1.165, 1.54) is 12.1 Å². The zero-order valence-corrected chi connectivity index (χ0v) is 10.4. The van der Waals surface area contributed by atoms with Crippen LogP contribution in [0, 0.1) is 5.82 Å². The zero-order chi connectivity index (χ0) is 13.7. The Morgan fingerprint density at radius 2 is 2.00 bits per heavy atom. The van der Waals surface area contributed by atoms with Crippen LogP contribution in [0.15, 0.2) is 48.8 Å². The van der Waals surface area contributed by atoms with Crippen LogP contribution in [0.4, 0.5) is 4.39 Å². The van der Waals surface area contributed by atoms with Crippen molar-refractivity contribution in [2.24, 2.45) is 0 Å². The Hall–Kier alpha value is -2.27. The van der Waals surface area contributed by atoms with Gasteiger partial charge in [0.1, 0.15) is 5.82 Å². The molecule has 0 radical (unpaired) electrons. The van der Waals surface area contributed by atoms with Crippen molar-refractivity contribution in [3.63, 3.8) is 0 Å². The molecule has 0 aliphatic heterocycles. The molecule has 19 heavy (non-hydrogen) atoms. The summed E-state index contributed by atoms with van der Waals surface area (Å²) in [6.45, 7) is 1.83. The maximum atomic E-state index is 13.1. The van der Waals surface area contributed by atoms with Crippen molar-refractivity contribution in [1.29, 1.82) is 0 Å². The average Bonchev–Trinajstić information content (AvgIpc) is 2.45. The predicted octanol–water partition coefficient (Wildman–Crippen LogP) is 2.22. The molecule has 2 rings (SSSR count). The van der Waals surface area contributed by atoms with Gasteiger partial charge in [-0.2, -0.15) is 0 Å². The molecule has 1 amide bonds. The number of carbonyl (C=O) groups is 1. The highest BCUT2D eigenvalue weighted by molar-refractivity contribution is 5.93. The second-order valence-corrected chi connectivity index (χ2v) is 4.11. The minimum absolute atomic E-state index is 0.193. The van der Waals surface area contributed by atoms with E-state index in [4.69, 9.17) is 0 Å². The monoisotopic (exact) mass is 259 g/mol. The molecule has 1 atom stereocenters. The normalized spacial score (nSPS) is 11.9. The van der Waals surface area contributed by atoms with Gasteiger partial charge < -0.3 is 0 Å². The van der Waals surface area contributed by atoms with Crippen LogP contribution in [-0.2, 0) is 0 Å². The fourth-order valence-corrected chi connectivity index (χ4v) is 1.61. The van der Waals surface area contributed by atoms with Gasteiger partial charge in [-0.05, 0) is 36.8 Å². The van der Waals surface area contributed by atoms with Crippen LogP contribution in [0.3, 0.4) is 0 Å². The zero-order valence-electron chi connectivity index (χ0n) is 10.4. The minimum Gasteiger partial charge on any atom is -0.287 e. The number of carbonyl (C=O) groups excluding carboxylic acids is 1. The summed E-state index contributed by atoms with van der Waals surface area (Å²) in [6.07, 6.45) is 3.09. The third-order valence-corrected chi connectivity index (χ3v) is 2.69. The first kappa shape index (κ1) is 13.2. The van der Waals surface area contributed by atoms with Crippen molar-refractivity contribution in [1.82, 2.24) is 15.8 Å². The summed E-state index contributed by atoms with van der Waals surface area (Å²) in [6, 6.07) is 9.27. The van der Waals surface area contributed by atoms with Crippen LogP contribution < -0.4 is 10.9 Å². The summed E-state index contributed by atoms with van der Waals surface area (Å²) in [4.78, 5) is 15.6. The van der Waals surface area contributed by atoms with E-state index in [0.29, 0.717) is 5.56 Å². The van der Waals surface area contributed by atoms with E-state index < -0.39 is 0 Å². The number of hydrogen-bond donors (Lipinski definition) is 2. The maximum absolute atomic E-state index is 13.1. The van der Waals surface area contributed by atoms with E-state index in [9.17, 15) is 9.18 Å². The van der Waals surface area contributed by atoms with Crippen LogP contribution in [0.5, 0.6) is 0 Å². The van der Waals surface area contributed by atoms with Gasteiger partial charge in [0.25, 0.3) is 5.91 Å². The van der Waals surface area contributed by atoms with E-state index >= 15 is 0 Å². The topological polar surface area (TPSA) is 54.0 Å². The van der Waals surface area contributed by atoms with Gasteiger partial charge in [0.15, 0.2) is 0 Å². The van der Waals surface area contributed by atoms with Gasteiger partial charge in [0.05, 0.1) is 0 Å². The van der Waals surface area contributed by atoms with Gasteiger partial charge in [-0.1, -0.05) is 12.1 Å². The van der Waals surface area contributed by atoms with Crippen molar-refractivity contribution in [2.45, 2.75) is 13.0 Å². The molecule has 4 nitrogen and oxygen atoms in total. The molecule has 0 aliphatic rings. The molecule has 1 aromatic heterocycles. The van der Waals surface area contributed by atoms with Crippen molar-refractivity contribution >= 4 is 5.91 Å². The molecule has 0 fully saturated rings. The molecule has 1 unspecified atom stereocenters. The highest BCUT2D eigenvalue weighted by atomic mass is 19.1. The number of hydrazine groups is 1. The largest absolute Gasteiger partial charge is 0.287 e. The summed E-state index contributed by atoms with van der Waals surface area (Å²) in [7, 11) is 0. The average molecular weight is 259 g/mol. The minimum atomic E-state index is -0.299. The summed E-state index contributed by atoms with van der Waals surface area (Å²) >= 11 is 0. The second-order valence-electron chi connectivity index (χ2n) is 4.11. The lowest BCUT2D eigenvalue weighted by atomic mass is 10.1. The fourth-order valence-electron chi connectivity index (χ4n) is 1.61. The van der Waals surface area contributed by atoms with Crippen LogP contribution in [0.1, 0.15) is 28.9 Å². The summed E-state index contributed by atoms with van der Waals surface area (Å²) in [5.74, 6) is -0.558. The number of benzene rings is 1. The first-order valence-corrected chi connectivity index (χ1v) is 5.88. The lowest BCUT2D eigenvalue weighted by molar-refractivity contribution is 0.0926. The van der Waals surface area contributed by atoms with Crippen molar-refractivity contribution in [3.05, 3.63) is 65.7 Å². The van der Waals surface area contributed by atoms with Gasteiger partial charge in [0.2, 0.25) is 0 Å². The number of pyridine rings is 1. The third-order valence-electron chi connectivity index (χ3n) is 2.69. The third kappa shape index (κ3) is 3.59. The lowest BCUT2D eigenvalue weighted by Crippen LogP contribution is -2.39. The maximum Gasteiger partial charge on any atom is 0.265 e. The summed E-state index contributed by atoms with van der Waals surface area (Å²) < 4.78 is 13.1. The smallest absolute Gasteiger partial charge is 0.265 e. The molecule has 98 valence electrons. The SMILES string of the molecule is CC(NNC(=O)c1ccncc1)c1cccc(F)c1. The molecule has 2 N–H and O–H groups in total. The molecular formula is C14H14FN3O. The Morgan fingerprint density at radius 1 is 1.26 bits per heavy atom. The number of aromatic nitrogens is 1. The van der Waals surface area contributed by atoms with Gasteiger partial charge in [0, 0.05) is 24.0 Å². The molecule has 0 bridgehead atoms. The van der Waals surface area contributed by atoms with E-state index in [1.54, 1.807) is 36.7 Å². The highest BCUT2D eigenvalue weighted by Gasteiger charge is 2.08. The number of halogens is 1. The second kappa shape index (κ2) is 6.06. The summed E-state index contributed by atoms with van der Waals surface area (Å²) in [5.41, 5.74) is 6.68. The number of hydrogen-bond acceptors (Lipinski definition) is 3. The highest BCUT2D eigenvalue weighted by Crippen LogP contribution is 2.12. The molecule has 2 aromatic rings. The molecule has 1 aromatic carbocycles. The molecule has 5 heteroatoms. The van der Waals surface area contributed by atoms with Crippen LogP contribution in [-0.4, -0.2) is 10.9 Å². The van der Waals surface area contributed by atoms with Crippen molar-refractivity contribution < 1.29 is 9.18 Å². The van der Waals surface area contributed by atoms with Crippen LogP contribution in [0.25, 0.3) is 0 Å². The fraction of sp³-hybridized carbons (Fsp3) is 0.143. The van der Waals surface area contributed by atoms with Crippen LogP contribution in [0.2, 0.25) is 0 Å². The Morgan fingerprint density at radius 3 is 2.68 bits per heavy atom. The first-order chi connectivity index (χ1) is 9.16. The Labute approximate surface area is 110 Å². The molecule has 0 saturated heterocycles. The molecule has 0 aliphatic carbocycles. The van der Waals surface area contributed by atoms with Gasteiger partial charge >= 0.3 is 0 Å². The molecule has 1 heterocycles. The molecular weight excluding hydrogens is 245 g/mol. The molecule has 0 spiro atoms. The van der Waals surface area contributed by atoms with Gasteiger partial charge in [-0.3, -0.25) is 15.2 Å². The number of nitrogens with one attached hydrogen (secondary N) is 2. The van der Waals surface area contributed by atoms with Gasteiger partial charge in [-0.15, -0.1) is 0 Å². The Balaban J connectivity index is 1.94. The number of amides is 1. The quantitative estimate of drug-likeness (QED) is 0.828. The first-order valence-electron chi connectivity index (χ1n) is 5.88. The predicted molar refractivity (Wildman–Crippen MR) is 69.7 cm³/mol. The summed E-state index contributed by atoms with van der Waals surface area (Å²) in [5, 5.41) is 0. The van der Waals surface area contributed by atoms with Crippen molar-refractivity contribution in [2.75, 3.05) is 0 Å². The van der Waals surface area contributed by atoms with E-state index in [-0.39, 0.29) is 17.8 Å². The standard InChI is InChI=1S/C14H14FN3O/c1-10(12-3-2-4-13(15)9-12)17-18-14(19)11-5-7-16-8-6-11/h2-10,17H,1H3,(H,18,19). The number of nitrogens with zero attached hydrogens (tertiary/aromatic N) is 1. The Bertz CT molecular complexity index is 560. The van der Waals surface area contributed by atoms with Gasteiger partial charge in [-0.25, -0.2) is 9.82 Å². The van der Waals surface area contributed by atoms with Crippen LogP contribution >= 0.6 is 0 Å². The Kier molecular flexibility index (Phi) is 4.20. The van der Waals surface area contributed by atoms with E-state index in [0.717, 1.165) is 5.56 Å². The van der Waals surface area contributed by atoms with E-state index in [2.05, 4.69) is 15.8 Å². The number of rotatable bonds is 4.